The first-order valence-electron chi connectivity index (χ1n) is 6.18. The zero-order valence-electron chi connectivity index (χ0n) is 11.6. The smallest absolute Gasteiger partial charge is 0.127 e. The van der Waals surface area contributed by atoms with Crippen molar-refractivity contribution in [3.8, 4) is 11.5 Å². The molecular formula is C16H16Br2O2. The monoisotopic (exact) mass is 398 g/mol. The first kappa shape index (κ1) is 15.4. The lowest BCUT2D eigenvalue weighted by Crippen LogP contribution is -1.98. The summed E-state index contributed by atoms with van der Waals surface area (Å²) in [5, 5.41) is 0. The van der Waals surface area contributed by atoms with E-state index in [0.717, 1.165) is 21.5 Å². The summed E-state index contributed by atoms with van der Waals surface area (Å²) < 4.78 is 11.8. The van der Waals surface area contributed by atoms with Gasteiger partial charge in [0.25, 0.3) is 0 Å². The van der Waals surface area contributed by atoms with Gasteiger partial charge in [-0.3, -0.25) is 0 Å². The number of alkyl halides is 1. The molecule has 0 heterocycles. The van der Waals surface area contributed by atoms with E-state index in [1.54, 1.807) is 14.2 Å². The molecular weight excluding hydrogens is 384 g/mol. The Balaban J connectivity index is 2.44. The van der Waals surface area contributed by atoms with Gasteiger partial charge < -0.3 is 9.47 Å². The molecule has 0 spiro atoms. The zero-order chi connectivity index (χ0) is 14.7. The highest BCUT2D eigenvalue weighted by molar-refractivity contribution is 9.10. The molecule has 0 aliphatic rings. The van der Waals surface area contributed by atoms with Crippen molar-refractivity contribution in [1.82, 2.24) is 0 Å². The first-order valence-corrected chi connectivity index (χ1v) is 7.89. The minimum absolute atomic E-state index is 0.0690. The van der Waals surface area contributed by atoms with Gasteiger partial charge in [-0.05, 0) is 36.2 Å². The van der Waals surface area contributed by atoms with Crippen molar-refractivity contribution >= 4 is 31.9 Å². The van der Waals surface area contributed by atoms with Crippen molar-refractivity contribution in [3.05, 3.63) is 57.6 Å². The van der Waals surface area contributed by atoms with Gasteiger partial charge in [-0.1, -0.05) is 44.0 Å². The molecule has 0 aromatic heterocycles. The fraction of sp³-hybridized carbons (Fsp3) is 0.250. The fourth-order valence-corrected chi connectivity index (χ4v) is 3.39. The Morgan fingerprint density at radius 3 is 2.35 bits per heavy atom. The molecule has 0 fully saturated rings. The average Bonchev–Trinajstić information content (AvgIpc) is 2.44. The van der Waals surface area contributed by atoms with Crippen LogP contribution in [0.2, 0.25) is 0 Å². The summed E-state index contributed by atoms with van der Waals surface area (Å²) >= 11 is 7.30. The number of hydrogen-bond acceptors (Lipinski definition) is 2. The van der Waals surface area contributed by atoms with Gasteiger partial charge >= 0.3 is 0 Å². The van der Waals surface area contributed by atoms with Crippen LogP contribution in [0.4, 0.5) is 0 Å². The summed E-state index contributed by atoms with van der Waals surface area (Å²) in [6.07, 6.45) is 0. The van der Waals surface area contributed by atoms with E-state index >= 15 is 0 Å². The maximum Gasteiger partial charge on any atom is 0.127 e. The van der Waals surface area contributed by atoms with Crippen LogP contribution in [0.1, 0.15) is 21.5 Å². The topological polar surface area (TPSA) is 18.5 Å². The zero-order valence-corrected chi connectivity index (χ0v) is 14.8. The lowest BCUT2D eigenvalue weighted by Gasteiger charge is -2.16. The van der Waals surface area contributed by atoms with E-state index < -0.39 is 0 Å². The van der Waals surface area contributed by atoms with Crippen molar-refractivity contribution in [2.75, 3.05) is 14.2 Å². The number of aryl methyl sites for hydroxylation is 1. The molecule has 1 atom stereocenters. The van der Waals surface area contributed by atoms with E-state index in [-0.39, 0.29) is 4.83 Å². The molecule has 0 amide bonds. The Morgan fingerprint density at radius 2 is 1.75 bits per heavy atom. The Morgan fingerprint density at radius 1 is 1.00 bits per heavy atom. The second-order valence-corrected chi connectivity index (χ2v) is 6.36. The van der Waals surface area contributed by atoms with Gasteiger partial charge in [0, 0.05) is 16.1 Å². The highest BCUT2D eigenvalue weighted by Crippen LogP contribution is 2.39. The normalized spacial score (nSPS) is 12.1. The van der Waals surface area contributed by atoms with E-state index in [1.807, 2.05) is 18.2 Å². The minimum Gasteiger partial charge on any atom is -0.497 e. The van der Waals surface area contributed by atoms with Crippen LogP contribution in [-0.2, 0) is 0 Å². The van der Waals surface area contributed by atoms with Crippen molar-refractivity contribution in [3.63, 3.8) is 0 Å². The Bertz CT molecular complexity index is 591. The Hall–Kier alpha value is -1.00. The molecule has 0 N–H and O–H groups in total. The van der Waals surface area contributed by atoms with Crippen LogP contribution < -0.4 is 9.47 Å². The van der Waals surface area contributed by atoms with Crippen LogP contribution in [0.25, 0.3) is 0 Å². The van der Waals surface area contributed by atoms with E-state index in [1.165, 1.54) is 11.1 Å². The minimum atomic E-state index is 0.0690. The molecule has 2 aromatic carbocycles. The molecule has 0 aliphatic carbocycles. The second-order valence-electron chi connectivity index (χ2n) is 4.53. The van der Waals surface area contributed by atoms with Crippen molar-refractivity contribution in [2.24, 2.45) is 0 Å². The van der Waals surface area contributed by atoms with Crippen molar-refractivity contribution in [2.45, 2.75) is 11.8 Å². The molecule has 4 heteroatoms. The molecule has 0 bridgehead atoms. The fourth-order valence-electron chi connectivity index (χ4n) is 2.12. The quantitative estimate of drug-likeness (QED) is 0.653. The van der Waals surface area contributed by atoms with E-state index in [4.69, 9.17) is 9.47 Å². The van der Waals surface area contributed by atoms with Crippen LogP contribution in [0, 0.1) is 6.92 Å². The van der Waals surface area contributed by atoms with Crippen LogP contribution in [0.3, 0.4) is 0 Å². The van der Waals surface area contributed by atoms with Gasteiger partial charge in [0.2, 0.25) is 0 Å². The van der Waals surface area contributed by atoms with Gasteiger partial charge in [0.05, 0.1) is 19.0 Å². The first-order chi connectivity index (χ1) is 9.55. The summed E-state index contributed by atoms with van der Waals surface area (Å²) in [5.41, 5.74) is 3.47. The highest BCUT2D eigenvalue weighted by atomic mass is 79.9. The Labute approximate surface area is 136 Å². The van der Waals surface area contributed by atoms with E-state index in [9.17, 15) is 0 Å². The van der Waals surface area contributed by atoms with Gasteiger partial charge in [-0.25, -0.2) is 0 Å². The maximum atomic E-state index is 5.47. The summed E-state index contributed by atoms with van der Waals surface area (Å²) in [6.45, 7) is 2.08. The number of rotatable bonds is 4. The third kappa shape index (κ3) is 3.36. The molecule has 0 aliphatic heterocycles. The molecule has 1 unspecified atom stereocenters. The lowest BCUT2D eigenvalue weighted by molar-refractivity contribution is 0.391. The standard InChI is InChI=1S/C16H16Br2O2/c1-10-6-11(8-12(17)7-10)16(18)14-5-4-13(19-2)9-15(14)20-3/h4-9,16H,1-3H3. The molecule has 20 heavy (non-hydrogen) atoms. The SMILES string of the molecule is COc1ccc(C(Br)c2cc(C)cc(Br)c2)c(OC)c1. The molecule has 106 valence electrons. The molecule has 0 saturated carbocycles. The maximum absolute atomic E-state index is 5.47. The highest BCUT2D eigenvalue weighted by Gasteiger charge is 2.16. The second kappa shape index (κ2) is 6.64. The summed E-state index contributed by atoms with van der Waals surface area (Å²) in [7, 11) is 3.32. The molecule has 2 aromatic rings. The third-order valence-corrected chi connectivity index (χ3v) is 4.55. The number of ether oxygens (including phenoxy) is 2. The predicted molar refractivity (Wildman–Crippen MR) is 89.2 cm³/mol. The van der Waals surface area contributed by atoms with E-state index in [0.29, 0.717) is 0 Å². The number of halogens is 2. The molecule has 2 rings (SSSR count). The van der Waals surface area contributed by atoms with Gasteiger partial charge in [-0.2, -0.15) is 0 Å². The van der Waals surface area contributed by atoms with Crippen LogP contribution >= 0.6 is 31.9 Å². The lowest BCUT2D eigenvalue weighted by atomic mass is 10.0. The van der Waals surface area contributed by atoms with Gasteiger partial charge in [0.15, 0.2) is 0 Å². The summed E-state index contributed by atoms with van der Waals surface area (Å²) in [4.78, 5) is 0.0690. The number of benzene rings is 2. The summed E-state index contributed by atoms with van der Waals surface area (Å²) in [5.74, 6) is 1.60. The van der Waals surface area contributed by atoms with Gasteiger partial charge in [0.1, 0.15) is 11.5 Å². The van der Waals surface area contributed by atoms with Crippen LogP contribution in [-0.4, -0.2) is 14.2 Å². The van der Waals surface area contributed by atoms with Crippen molar-refractivity contribution < 1.29 is 9.47 Å². The average molecular weight is 400 g/mol. The van der Waals surface area contributed by atoms with E-state index in [2.05, 4.69) is 57.0 Å². The summed E-state index contributed by atoms with van der Waals surface area (Å²) in [6, 6.07) is 12.2. The van der Waals surface area contributed by atoms with Gasteiger partial charge in [-0.15, -0.1) is 0 Å². The van der Waals surface area contributed by atoms with Crippen LogP contribution in [0.5, 0.6) is 11.5 Å². The molecule has 0 radical (unpaired) electrons. The number of hydrogen-bond donors (Lipinski definition) is 0. The van der Waals surface area contributed by atoms with Crippen molar-refractivity contribution in [1.29, 1.82) is 0 Å². The molecule has 2 nitrogen and oxygen atoms in total. The predicted octanol–water partition coefficient (Wildman–Crippen LogP) is 5.26. The largest absolute Gasteiger partial charge is 0.497 e. The molecule has 0 saturated heterocycles. The van der Waals surface area contributed by atoms with Crippen LogP contribution in [0.15, 0.2) is 40.9 Å². The Kier molecular flexibility index (Phi) is 5.11. The number of methoxy groups -OCH3 is 2. The third-order valence-electron chi connectivity index (χ3n) is 3.07.